The van der Waals surface area contributed by atoms with Crippen LogP contribution in [0, 0.1) is 17.8 Å². The van der Waals surface area contributed by atoms with Crippen LogP contribution >= 0.6 is 0 Å². The number of fused-ring (bicyclic) bond motifs is 3. The van der Waals surface area contributed by atoms with E-state index in [9.17, 15) is 9.59 Å². The molecule has 0 saturated heterocycles. The molecular weight excluding hydrogens is 362 g/mol. The van der Waals surface area contributed by atoms with E-state index in [-0.39, 0.29) is 11.5 Å². The number of carbonyl (C=O) groups excluding carboxylic acids is 1. The van der Waals surface area contributed by atoms with Crippen LogP contribution < -0.4 is 10.9 Å². The maximum Gasteiger partial charge on any atom is 0.279 e. The number of hydrogen-bond donors (Lipinski definition) is 1. The zero-order valence-corrected chi connectivity index (χ0v) is 16.4. The highest BCUT2D eigenvalue weighted by Gasteiger charge is 2.38. The van der Waals surface area contributed by atoms with Crippen molar-refractivity contribution in [1.82, 2.24) is 15.1 Å². The van der Waals surface area contributed by atoms with Crippen molar-refractivity contribution in [2.75, 3.05) is 6.54 Å². The number of amides is 1. The first-order chi connectivity index (χ1) is 14.2. The van der Waals surface area contributed by atoms with Crippen LogP contribution in [-0.4, -0.2) is 22.2 Å². The normalized spacial score (nSPS) is 22.8. The Hall–Kier alpha value is -2.95. The summed E-state index contributed by atoms with van der Waals surface area (Å²) in [5, 5.41) is 8.61. The molecule has 1 N–H and O–H groups in total. The summed E-state index contributed by atoms with van der Waals surface area (Å²) in [7, 11) is 0. The third kappa shape index (κ3) is 3.35. The fraction of sp³-hybridized carbons (Fsp3) is 0.375. The predicted molar refractivity (Wildman–Crippen MR) is 113 cm³/mol. The van der Waals surface area contributed by atoms with Crippen LogP contribution in [0.25, 0.3) is 16.5 Å². The largest absolute Gasteiger partial charge is 0.351 e. The van der Waals surface area contributed by atoms with Gasteiger partial charge in [-0.3, -0.25) is 9.59 Å². The lowest BCUT2D eigenvalue weighted by Gasteiger charge is -2.21. The lowest BCUT2D eigenvalue weighted by atomic mass is 9.86. The van der Waals surface area contributed by atoms with E-state index in [0.29, 0.717) is 28.7 Å². The summed E-state index contributed by atoms with van der Waals surface area (Å²) < 4.78 is 1.33. The van der Waals surface area contributed by atoms with E-state index in [1.54, 1.807) is 12.1 Å². The van der Waals surface area contributed by atoms with Gasteiger partial charge in [0.25, 0.3) is 11.5 Å². The van der Waals surface area contributed by atoms with E-state index in [0.717, 1.165) is 24.2 Å². The standard InChI is InChI=1S/C24H25N3O2/c28-23(25-13-12-18-15-16-10-11-17(18)14-16)22-20-8-4-5-9-21(20)24(29)27(26-22)19-6-2-1-3-7-19/h1-9,16-18H,10-15H2,(H,25,28). The van der Waals surface area contributed by atoms with Crippen LogP contribution in [0.2, 0.25) is 0 Å². The molecule has 5 rings (SSSR count). The first-order valence-electron chi connectivity index (χ1n) is 10.6. The lowest BCUT2D eigenvalue weighted by molar-refractivity contribution is 0.0945. The Labute approximate surface area is 169 Å². The smallest absolute Gasteiger partial charge is 0.279 e. The molecule has 2 aliphatic carbocycles. The maximum absolute atomic E-state index is 13.0. The van der Waals surface area contributed by atoms with Gasteiger partial charge in [-0.1, -0.05) is 42.8 Å². The van der Waals surface area contributed by atoms with Gasteiger partial charge in [-0.15, -0.1) is 0 Å². The molecule has 3 unspecified atom stereocenters. The zero-order chi connectivity index (χ0) is 19.8. The van der Waals surface area contributed by atoms with Gasteiger partial charge in [0, 0.05) is 11.9 Å². The molecule has 0 spiro atoms. The summed E-state index contributed by atoms with van der Waals surface area (Å²) in [6.45, 7) is 0.660. The molecule has 0 radical (unpaired) electrons. The van der Waals surface area contributed by atoms with E-state index in [2.05, 4.69) is 10.4 Å². The summed E-state index contributed by atoms with van der Waals surface area (Å²) in [5.74, 6) is 2.31. The molecule has 0 aliphatic heterocycles. The molecule has 2 saturated carbocycles. The van der Waals surface area contributed by atoms with Gasteiger partial charge in [0.1, 0.15) is 0 Å². The predicted octanol–water partition coefficient (Wildman–Crippen LogP) is 3.94. The maximum atomic E-state index is 13.0. The molecule has 5 nitrogen and oxygen atoms in total. The summed E-state index contributed by atoms with van der Waals surface area (Å²) in [5.41, 5.74) is 0.738. The van der Waals surface area contributed by atoms with Crippen molar-refractivity contribution < 1.29 is 4.79 Å². The highest BCUT2D eigenvalue weighted by atomic mass is 16.2. The molecule has 1 heterocycles. The minimum absolute atomic E-state index is 0.214. The van der Waals surface area contributed by atoms with Gasteiger partial charge < -0.3 is 5.32 Å². The van der Waals surface area contributed by atoms with Crippen molar-refractivity contribution in [2.24, 2.45) is 17.8 Å². The Balaban J connectivity index is 1.42. The van der Waals surface area contributed by atoms with Crippen molar-refractivity contribution in [3.05, 3.63) is 70.6 Å². The first-order valence-corrected chi connectivity index (χ1v) is 10.6. The van der Waals surface area contributed by atoms with Gasteiger partial charge in [-0.2, -0.15) is 9.78 Å². The summed E-state index contributed by atoms with van der Waals surface area (Å²) in [6, 6.07) is 16.4. The van der Waals surface area contributed by atoms with E-state index in [1.165, 1.54) is 30.4 Å². The second-order valence-electron chi connectivity index (χ2n) is 8.43. The first kappa shape index (κ1) is 18.1. The molecule has 2 fully saturated rings. The molecular formula is C24H25N3O2. The summed E-state index contributed by atoms with van der Waals surface area (Å²) in [4.78, 5) is 25.9. The van der Waals surface area contributed by atoms with E-state index >= 15 is 0 Å². The third-order valence-corrected chi connectivity index (χ3v) is 6.71. The van der Waals surface area contributed by atoms with Gasteiger partial charge in [-0.25, -0.2) is 0 Å². The number of rotatable bonds is 5. The Morgan fingerprint density at radius 2 is 1.76 bits per heavy atom. The fourth-order valence-electron chi connectivity index (χ4n) is 5.29. The van der Waals surface area contributed by atoms with Crippen molar-refractivity contribution in [3.63, 3.8) is 0 Å². The highest BCUT2D eigenvalue weighted by Crippen LogP contribution is 2.49. The number of hydrogen-bond acceptors (Lipinski definition) is 3. The Morgan fingerprint density at radius 1 is 1.00 bits per heavy atom. The van der Waals surface area contributed by atoms with Gasteiger partial charge in [0.2, 0.25) is 0 Å². The molecule has 2 bridgehead atoms. The van der Waals surface area contributed by atoms with E-state index < -0.39 is 0 Å². The minimum Gasteiger partial charge on any atom is -0.351 e. The molecule has 2 aliphatic rings. The SMILES string of the molecule is O=C(NCCC1CC2CCC1C2)c1nn(-c2ccccc2)c(=O)c2ccccc12. The van der Waals surface area contributed by atoms with Gasteiger partial charge in [0.05, 0.1) is 11.1 Å². The highest BCUT2D eigenvalue weighted by molar-refractivity contribution is 6.04. The monoisotopic (exact) mass is 387 g/mol. The molecule has 29 heavy (non-hydrogen) atoms. The van der Waals surface area contributed by atoms with Crippen molar-refractivity contribution in [1.29, 1.82) is 0 Å². The molecule has 3 aromatic rings. The average molecular weight is 387 g/mol. The second kappa shape index (κ2) is 7.47. The van der Waals surface area contributed by atoms with E-state index in [1.807, 2.05) is 42.5 Å². The summed E-state index contributed by atoms with van der Waals surface area (Å²) in [6.07, 6.45) is 6.48. The number of nitrogens with zero attached hydrogens (tertiary/aromatic N) is 2. The molecule has 3 atom stereocenters. The van der Waals surface area contributed by atoms with Gasteiger partial charge in [0.15, 0.2) is 5.69 Å². The Morgan fingerprint density at radius 3 is 2.48 bits per heavy atom. The van der Waals surface area contributed by atoms with Crippen LogP contribution in [-0.2, 0) is 0 Å². The second-order valence-corrected chi connectivity index (χ2v) is 8.43. The molecule has 1 amide bonds. The Kier molecular flexibility index (Phi) is 4.66. The number of nitrogens with one attached hydrogen (secondary N) is 1. The van der Waals surface area contributed by atoms with Crippen LogP contribution in [0.3, 0.4) is 0 Å². The van der Waals surface area contributed by atoms with Gasteiger partial charge >= 0.3 is 0 Å². The Bertz CT molecular complexity index is 1110. The van der Waals surface area contributed by atoms with Crippen LogP contribution in [0.15, 0.2) is 59.4 Å². The van der Waals surface area contributed by atoms with Crippen LogP contribution in [0.1, 0.15) is 42.6 Å². The average Bonchev–Trinajstić information content (AvgIpc) is 3.38. The molecule has 148 valence electrons. The topological polar surface area (TPSA) is 64.0 Å². The fourth-order valence-corrected chi connectivity index (χ4v) is 5.29. The molecule has 2 aromatic carbocycles. The molecule has 1 aromatic heterocycles. The number of carbonyl (C=O) groups is 1. The lowest BCUT2D eigenvalue weighted by Crippen LogP contribution is -2.31. The third-order valence-electron chi connectivity index (χ3n) is 6.71. The number of benzene rings is 2. The zero-order valence-electron chi connectivity index (χ0n) is 16.4. The van der Waals surface area contributed by atoms with Crippen molar-refractivity contribution >= 4 is 16.7 Å². The molecule has 5 heteroatoms. The van der Waals surface area contributed by atoms with Crippen molar-refractivity contribution in [3.8, 4) is 5.69 Å². The van der Waals surface area contributed by atoms with Crippen LogP contribution in [0.4, 0.5) is 0 Å². The van der Waals surface area contributed by atoms with Crippen LogP contribution in [0.5, 0.6) is 0 Å². The summed E-state index contributed by atoms with van der Waals surface area (Å²) >= 11 is 0. The van der Waals surface area contributed by atoms with E-state index in [4.69, 9.17) is 0 Å². The van der Waals surface area contributed by atoms with Gasteiger partial charge in [-0.05, 0) is 61.6 Å². The number of aromatic nitrogens is 2. The quantitative estimate of drug-likeness (QED) is 0.721. The number of para-hydroxylation sites is 1. The minimum atomic E-state index is -0.217. The van der Waals surface area contributed by atoms with Crippen molar-refractivity contribution in [2.45, 2.75) is 32.1 Å².